The second-order valence-electron chi connectivity index (χ2n) is 3.81. The summed E-state index contributed by atoms with van der Waals surface area (Å²) in [5.74, 6) is 1.27. The molecule has 0 aromatic carbocycles. The third-order valence-electron chi connectivity index (χ3n) is 1.99. The molecule has 14 heavy (non-hydrogen) atoms. The van der Waals surface area contributed by atoms with Gasteiger partial charge >= 0.3 is 0 Å². The molecule has 0 saturated carbocycles. The first-order valence-electron chi connectivity index (χ1n) is 4.77. The van der Waals surface area contributed by atoms with E-state index in [9.17, 15) is 0 Å². The van der Waals surface area contributed by atoms with Crippen LogP contribution in [0.3, 0.4) is 0 Å². The Labute approximate surface area is 94.9 Å². The lowest BCUT2D eigenvalue weighted by atomic mass is 10.2. The smallest absolute Gasteiger partial charge is 0.0897 e. The summed E-state index contributed by atoms with van der Waals surface area (Å²) < 4.78 is 0. The molecule has 0 radical (unpaired) electrons. The lowest BCUT2D eigenvalue weighted by Gasteiger charge is -2.18. The van der Waals surface area contributed by atoms with Crippen molar-refractivity contribution in [2.24, 2.45) is 5.92 Å². The summed E-state index contributed by atoms with van der Waals surface area (Å²) in [7, 11) is 2.11. The second-order valence-corrected chi connectivity index (χ2v) is 5.18. The molecule has 0 aliphatic heterocycles. The fourth-order valence-electron chi connectivity index (χ4n) is 1.40. The van der Waals surface area contributed by atoms with E-state index >= 15 is 0 Å². The van der Waals surface area contributed by atoms with Crippen LogP contribution in [-0.2, 0) is 6.54 Å². The minimum absolute atomic E-state index is 0.543. The molecule has 0 aliphatic rings. The van der Waals surface area contributed by atoms with E-state index < -0.39 is 0 Å². The van der Waals surface area contributed by atoms with Crippen molar-refractivity contribution >= 4 is 22.9 Å². The molecular formula is C10H17ClN2S. The third-order valence-corrected chi connectivity index (χ3v) is 3.33. The third kappa shape index (κ3) is 3.95. The van der Waals surface area contributed by atoms with Crippen molar-refractivity contribution in [3.05, 3.63) is 16.1 Å². The van der Waals surface area contributed by atoms with Gasteiger partial charge in [0.25, 0.3) is 0 Å². The lowest BCUT2D eigenvalue weighted by Crippen LogP contribution is -2.24. The van der Waals surface area contributed by atoms with Crippen LogP contribution in [0.15, 0.2) is 5.38 Å². The normalized spacial score (nSPS) is 13.5. The highest BCUT2D eigenvalue weighted by molar-refractivity contribution is 7.09. The van der Waals surface area contributed by atoms with Crippen LogP contribution >= 0.6 is 22.9 Å². The summed E-state index contributed by atoms with van der Waals surface area (Å²) in [6.45, 7) is 6.15. The van der Waals surface area contributed by atoms with Crippen molar-refractivity contribution in [1.82, 2.24) is 9.88 Å². The molecule has 0 fully saturated rings. The predicted octanol–water partition coefficient (Wildman–Crippen LogP) is 2.76. The first kappa shape index (κ1) is 12.0. The maximum absolute atomic E-state index is 5.76. The van der Waals surface area contributed by atoms with E-state index in [1.165, 1.54) is 0 Å². The molecule has 1 aromatic rings. The van der Waals surface area contributed by atoms with Gasteiger partial charge in [0.2, 0.25) is 0 Å². The van der Waals surface area contributed by atoms with E-state index in [1.54, 1.807) is 11.3 Å². The van der Waals surface area contributed by atoms with Gasteiger partial charge in [-0.3, -0.25) is 0 Å². The Morgan fingerprint density at radius 2 is 2.36 bits per heavy atom. The number of alkyl halides is 1. The average Bonchev–Trinajstić information content (AvgIpc) is 2.50. The molecule has 80 valence electrons. The Hall–Kier alpha value is -0.120. The van der Waals surface area contributed by atoms with Crippen molar-refractivity contribution in [2.75, 3.05) is 19.5 Å². The number of hydrogen-bond donors (Lipinski definition) is 0. The molecule has 1 rings (SSSR count). The van der Waals surface area contributed by atoms with Gasteiger partial charge in [0.1, 0.15) is 0 Å². The van der Waals surface area contributed by atoms with Gasteiger partial charge in [-0.05, 0) is 19.9 Å². The quantitative estimate of drug-likeness (QED) is 0.726. The minimum Gasteiger partial charge on any atom is -0.300 e. The highest BCUT2D eigenvalue weighted by atomic mass is 35.5. The van der Waals surface area contributed by atoms with Crippen molar-refractivity contribution < 1.29 is 0 Å². The van der Waals surface area contributed by atoms with Gasteiger partial charge in [0.05, 0.1) is 10.7 Å². The summed E-state index contributed by atoms with van der Waals surface area (Å²) >= 11 is 7.47. The molecule has 1 aromatic heterocycles. The first-order chi connectivity index (χ1) is 6.61. The number of thiazole rings is 1. The van der Waals surface area contributed by atoms with Crippen molar-refractivity contribution in [3.63, 3.8) is 0 Å². The van der Waals surface area contributed by atoms with Gasteiger partial charge in [0.15, 0.2) is 0 Å². The molecule has 0 N–H and O–H groups in total. The SMILES string of the molecule is Cc1nc(CN(C)CC(C)CCl)cs1. The number of hydrogen-bond acceptors (Lipinski definition) is 3. The van der Waals surface area contributed by atoms with Crippen LogP contribution in [0.2, 0.25) is 0 Å². The summed E-state index contributed by atoms with van der Waals surface area (Å²) in [6, 6.07) is 0. The van der Waals surface area contributed by atoms with E-state index in [0.29, 0.717) is 5.92 Å². The van der Waals surface area contributed by atoms with Crippen molar-refractivity contribution in [2.45, 2.75) is 20.4 Å². The van der Waals surface area contributed by atoms with Crippen LogP contribution in [0.25, 0.3) is 0 Å². The molecule has 0 aliphatic carbocycles. The highest BCUT2D eigenvalue weighted by Gasteiger charge is 2.07. The molecule has 0 bridgehead atoms. The Kier molecular flexibility index (Phi) is 4.85. The van der Waals surface area contributed by atoms with E-state index in [2.05, 4.69) is 29.2 Å². The zero-order valence-electron chi connectivity index (χ0n) is 8.96. The average molecular weight is 233 g/mol. The fourth-order valence-corrected chi connectivity index (χ4v) is 2.10. The summed E-state index contributed by atoms with van der Waals surface area (Å²) in [6.07, 6.45) is 0. The molecule has 0 spiro atoms. The Morgan fingerprint density at radius 1 is 1.64 bits per heavy atom. The Balaban J connectivity index is 2.37. The lowest BCUT2D eigenvalue weighted by molar-refractivity contribution is 0.287. The maximum atomic E-state index is 5.76. The second kappa shape index (κ2) is 5.69. The molecule has 1 heterocycles. The van der Waals surface area contributed by atoms with Crippen LogP contribution in [0, 0.1) is 12.8 Å². The summed E-state index contributed by atoms with van der Waals surface area (Å²) in [4.78, 5) is 6.69. The maximum Gasteiger partial charge on any atom is 0.0897 e. The van der Waals surface area contributed by atoms with Gasteiger partial charge in [-0.2, -0.15) is 0 Å². The number of halogens is 1. The molecule has 1 atom stereocenters. The van der Waals surface area contributed by atoms with Gasteiger partial charge in [-0.25, -0.2) is 4.98 Å². The van der Waals surface area contributed by atoms with Crippen LogP contribution in [0.5, 0.6) is 0 Å². The Bertz CT molecular complexity index is 275. The molecule has 1 unspecified atom stereocenters. The van der Waals surface area contributed by atoms with Crippen LogP contribution < -0.4 is 0 Å². The number of aromatic nitrogens is 1. The number of rotatable bonds is 5. The van der Waals surface area contributed by atoms with E-state index in [0.717, 1.165) is 29.7 Å². The zero-order chi connectivity index (χ0) is 10.6. The summed E-state index contributed by atoms with van der Waals surface area (Å²) in [5.41, 5.74) is 1.16. The minimum atomic E-state index is 0.543. The molecule has 0 amide bonds. The van der Waals surface area contributed by atoms with E-state index in [-0.39, 0.29) is 0 Å². The molecule has 2 nitrogen and oxygen atoms in total. The first-order valence-corrected chi connectivity index (χ1v) is 6.18. The monoisotopic (exact) mass is 232 g/mol. The predicted molar refractivity (Wildman–Crippen MR) is 63.1 cm³/mol. The molecule has 4 heteroatoms. The van der Waals surface area contributed by atoms with Crippen LogP contribution in [0.1, 0.15) is 17.6 Å². The van der Waals surface area contributed by atoms with Gasteiger partial charge in [-0.1, -0.05) is 6.92 Å². The fraction of sp³-hybridized carbons (Fsp3) is 0.700. The Morgan fingerprint density at radius 3 is 2.86 bits per heavy atom. The van der Waals surface area contributed by atoms with Crippen LogP contribution in [-0.4, -0.2) is 29.4 Å². The number of nitrogens with zero attached hydrogens (tertiary/aromatic N) is 2. The number of aryl methyl sites for hydroxylation is 1. The largest absolute Gasteiger partial charge is 0.300 e. The van der Waals surface area contributed by atoms with Crippen LogP contribution in [0.4, 0.5) is 0 Å². The standard InChI is InChI=1S/C10H17ClN2S/c1-8(4-11)5-13(3)6-10-7-14-9(2)12-10/h7-8H,4-6H2,1-3H3. The molecule has 0 saturated heterocycles. The van der Waals surface area contributed by atoms with Crippen molar-refractivity contribution in [3.8, 4) is 0 Å². The van der Waals surface area contributed by atoms with Crippen molar-refractivity contribution in [1.29, 1.82) is 0 Å². The topological polar surface area (TPSA) is 16.1 Å². The summed E-state index contributed by atoms with van der Waals surface area (Å²) in [5, 5.41) is 3.26. The van der Waals surface area contributed by atoms with Gasteiger partial charge in [-0.15, -0.1) is 22.9 Å². The molecular weight excluding hydrogens is 216 g/mol. The van der Waals surface area contributed by atoms with Gasteiger partial charge < -0.3 is 4.90 Å². The zero-order valence-corrected chi connectivity index (χ0v) is 10.5. The van der Waals surface area contributed by atoms with E-state index in [1.807, 2.05) is 6.92 Å². The van der Waals surface area contributed by atoms with E-state index in [4.69, 9.17) is 11.6 Å². The van der Waals surface area contributed by atoms with Gasteiger partial charge in [0, 0.05) is 24.3 Å². The highest BCUT2D eigenvalue weighted by Crippen LogP contribution is 2.10.